The highest BCUT2D eigenvalue weighted by Gasteiger charge is 2.35. The standard InChI is InChI=1S/C15H21NO4S/c1-2-21(19,20)13-8-4-3-7-12(13)14(18)16-15(11-17)9-5-6-10-15/h3-4,7-8,17H,2,5-6,9-11H2,1H3,(H,16,18). The molecule has 1 aromatic rings. The van der Waals surface area contributed by atoms with Crippen molar-refractivity contribution in [2.24, 2.45) is 0 Å². The van der Waals surface area contributed by atoms with Gasteiger partial charge in [0.25, 0.3) is 5.91 Å². The number of sulfone groups is 1. The Morgan fingerprint density at radius 1 is 1.29 bits per heavy atom. The van der Waals surface area contributed by atoms with Crippen LogP contribution in [0.5, 0.6) is 0 Å². The third-order valence-electron chi connectivity index (χ3n) is 4.09. The first-order valence-electron chi connectivity index (χ1n) is 7.19. The highest BCUT2D eigenvalue weighted by Crippen LogP contribution is 2.30. The van der Waals surface area contributed by atoms with Gasteiger partial charge >= 0.3 is 0 Å². The Kier molecular flexibility index (Phi) is 4.68. The number of aliphatic hydroxyl groups is 1. The van der Waals surface area contributed by atoms with Crippen LogP contribution in [0.1, 0.15) is 43.0 Å². The molecule has 21 heavy (non-hydrogen) atoms. The first kappa shape index (κ1) is 16.0. The van der Waals surface area contributed by atoms with E-state index in [1.165, 1.54) is 12.1 Å². The fraction of sp³-hybridized carbons (Fsp3) is 0.533. The summed E-state index contributed by atoms with van der Waals surface area (Å²) >= 11 is 0. The van der Waals surface area contributed by atoms with Crippen molar-refractivity contribution >= 4 is 15.7 Å². The number of amides is 1. The Balaban J connectivity index is 2.32. The van der Waals surface area contributed by atoms with Gasteiger partial charge in [0.15, 0.2) is 9.84 Å². The van der Waals surface area contributed by atoms with Crippen LogP contribution in [0.15, 0.2) is 29.2 Å². The first-order valence-corrected chi connectivity index (χ1v) is 8.84. The van der Waals surface area contributed by atoms with Crippen molar-refractivity contribution in [3.63, 3.8) is 0 Å². The molecule has 0 saturated heterocycles. The lowest BCUT2D eigenvalue weighted by Crippen LogP contribution is -2.49. The molecule has 5 nitrogen and oxygen atoms in total. The summed E-state index contributed by atoms with van der Waals surface area (Å²) in [4.78, 5) is 12.5. The number of carbonyl (C=O) groups is 1. The molecule has 2 rings (SSSR count). The van der Waals surface area contributed by atoms with E-state index in [4.69, 9.17) is 0 Å². The Labute approximate surface area is 125 Å². The van der Waals surface area contributed by atoms with Crippen molar-refractivity contribution in [1.29, 1.82) is 0 Å². The van der Waals surface area contributed by atoms with Gasteiger partial charge in [0.2, 0.25) is 0 Å². The minimum Gasteiger partial charge on any atom is -0.394 e. The highest BCUT2D eigenvalue weighted by molar-refractivity contribution is 7.91. The molecule has 0 spiro atoms. The molecule has 0 bridgehead atoms. The number of aliphatic hydroxyl groups excluding tert-OH is 1. The molecule has 1 aromatic carbocycles. The molecular formula is C15H21NO4S. The average molecular weight is 311 g/mol. The molecular weight excluding hydrogens is 290 g/mol. The second-order valence-electron chi connectivity index (χ2n) is 5.50. The van der Waals surface area contributed by atoms with Gasteiger partial charge in [-0.15, -0.1) is 0 Å². The number of hydrogen-bond donors (Lipinski definition) is 2. The van der Waals surface area contributed by atoms with Crippen LogP contribution in [0.25, 0.3) is 0 Å². The fourth-order valence-electron chi connectivity index (χ4n) is 2.76. The topological polar surface area (TPSA) is 83.5 Å². The number of rotatable bonds is 5. The van der Waals surface area contributed by atoms with Gasteiger partial charge in [-0.3, -0.25) is 4.79 Å². The van der Waals surface area contributed by atoms with E-state index in [1.54, 1.807) is 19.1 Å². The van der Waals surface area contributed by atoms with Crippen molar-refractivity contribution in [3.05, 3.63) is 29.8 Å². The Morgan fingerprint density at radius 2 is 1.90 bits per heavy atom. The van der Waals surface area contributed by atoms with E-state index in [1.807, 2.05) is 0 Å². The molecule has 0 radical (unpaired) electrons. The van der Waals surface area contributed by atoms with Gasteiger partial charge in [0.1, 0.15) is 0 Å². The molecule has 0 atom stereocenters. The zero-order valence-corrected chi connectivity index (χ0v) is 12.9. The molecule has 1 fully saturated rings. The second-order valence-corrected chi connectivity index (χ2v) is 7.75. The first-order chi connectivity index (χ1) is 9.94. The lowest BCUT2D eigenvalue weighted by Gasteiger charge is -2.28. The van der Waals surface area contributed by atoms with Gasteiger partial charge in [-0.2, -0.15) is 0 Å². The molecule has 0 aliphatic heterocycles. The molecule has 0 heterocycles. The third-order valence-corrected chi connectivity index (χ3v) is 5.88. The SMILES string of the molecule is CCS(=O)(=O)c1ccccc1C(=O)NC1(CO)CCCC1. The summed E-state index contributed by atoms with van der Waals surface area (Å²) in [6.45, 7) is 1.43. The predicted molar refractivity (Wildman–Crippen MR) is 79.9 cm³/mol. The number of nitrogens with one attached hydrogen (secondary N) is 1. The van der Waals surface area contributed by atoms with Gasteiger partial charge in [-0.1, -0.05) is 31.9 Å². The van der Waals surface area contributed by atoms with E-state index >= 15 is 0 Å². The number of carbonyl (C=O) groups excluding carboxylic acids is 1. The summed E-state index contributed by atoms with van der Waals surface area (Å²) in [5.41, 5.74) is -0.459. The van der Waals surface area contributed by atoms with Crippen LogP contribution in [0.4, 0.5) is 0 Å². The Morgan fingerprint density at radius 3 is 2.48 bits per heavy atom. The maximum absolute atomic E-state index is 12.5. The zero-order valence-electron chi connectivity index (χ0n) is 12.1. The maximum Gasteiger partial charge on any atom is 0.253 e. The average Bonchev–Trinajstić information content (AvgIpc) is 2.96. The van der Waals surface area contributed by atoms with E-state index in [2.05, 4.69) is 5.32 Å². The van der Waals surface area contributed by atoms with Crippen molar-refractivity contribution < 1.29 is 18.3 Å². The van der Waals surface area contributed by atoms with Crippen LogP contribution in [0, 0.1) is 0 Å². The lowest BCUT2D eigenvalue weighted by atomic mass is 9.98. The maximum atomic E-state index is 12.5. The van der Waals surface area contributed by atoms with Gasteiger partial charge in [0.05, 0.1) is 28.4 Å². The molecule has 1 amide bonds. The minimum absolute atomic E-state index is 0.0519. The highest BCUT2D eigenvalue weighted by atomic mass is 32.2. The summed E-state index contributed by atoms with van der Waals surface area (Å²) in [7, 11) is -3.46. The van der Waals surface area contributed by atoms with E-state index in [9.17, 15) is 18.3 Å². The molecule has 0 unspecified atom stereocenters. The van der Waals surface area contributed by atoms with Gasteiger partial charge in [0, 0.05) is 0 Å². The van der Waals surface area contributed by atoms with Crippen molar-refractivity contribution in [3.8, 4) is 0 Å². The minimum atomic E-state index is -3.46. The van der Waals surface area contributed by atoms with E-state index in [-0.39, 0.29) is 22.8 Å². The molecule has 2 N–H and O–H groups in total. The van der Waals surface area contributed by atoms with Gasteiger partial charge in [-0.25, -0.2) is 8.42 Å². The van der Waals surface area contributed by atoms with Crippen LogP contribution in [-0.4, -0.2) is 37.3 Å². The third kappa shape index (κ3) is 3.27. The summed E-state index contributed by atoms with van der Waals surface area (Å²) in [6.07, 6.45) is 3.35. The van der Waals surface area contributed by atoms with E-state index in [0.717, 1.165) is 25.7 Å². The van der Waals surface area contributed by atoms with Crippen LogP contribution < -0.4 is 5.32 Å². The summed E-state index contributed by atoms with van der Waals surface area (Å²) in [5.74, 6) is -0.485. The molecule has 0 aromatic heterocycles. The molecule has 116 valence electrons. The Hall–Kier alpha value is -1.40. The van der Waals surface area contributed by atoms with Crippen LogP contribution in [0.3, 0.4) is 0 Å². The molecule has 1 aliphatic carbocycles. The van der Waals surface area contributed by atoms with Crippen molar-refractivity contribution in [1.82, 2.24) is 5.32 Å². The van der Waals surface area contributed by atoms with Crippen LogP contribution >= 0.6 is 0 Å². The number of benzene rings is 1. The van der Waals surface area contributed by atoms with Crippen molar-refractivity contribution in [2.75, 3.05) is 12.4 Å². The number of hydrogen-bond acceptors (Lipinski definition) is 4. The summed E-state index contributed by atoms with van der Waals surface area (Å²) in [5, 5.41) is 12.4. The van der Waals surface area contributed by atoms with Crippen molar-refractivity contribution in [2.45, 2.75) is 43.0 Å². The zero-order chi connectivity index (χ0) is 15.5. The quantitative estimate of drug-likeness (QED) is 0.863. The normalized spacial score (nSPS) is 17.6. The van der Waals surface area contributed by atoms with Crippen LogP contribution in [-0.2, 0) is 9.84 Å². The van der Waals surface area contributed by atoms with Gasteiger partial charge < -0.3 is 10.4 Å². The van der Waals surface area contributed by atoms with E-state index < -0.39 is 21.3 Å². The van der Waals surface area contributed by atoms with Gasteiger partial charge in [-0.05, 0) is 25.0 Å². The lowest BCUT2D eigenvalue weighted by molar-refractivity contribution is 0.0835. The Bertz CT molecular complexity index is 618. The molecule has 6 heteroatoms. The summed E-state index contributed by atoms with van der Waals surface area (Å²) < 4.78 is 24.2. The van der Waals surface area contributed by atoms with Crippen LogP contribution in [0.2, 0.25) is 0 Å². The largest absolute Gasteiger partial charge is 0.394 e. The molecule has 1 saturated carbocycles. The molecule has 1 aliphatic rings. The fourth-order valence-corrected chi connectivity index (χ4v) is 3.86. The smallest absolute Gasteiger partial charge is 0.253 e. The van der Waals surface area contributed by atoms with E-state index in [0.29, 0.717) is 0 Å². The summed E-state index contributed by atoms with van der Waals surface area (Å²) in [6, 6.07) is 6.21. The predicted octanol–water partition coefficient (Wildman–Crippen LogP) is 1.52. The second kappa shape index (κ2) is 6.15. The monoisotopic (exact) mass is 311 g/mol.